The van der Waals surface area contributed by atoms with Crippen LogP contribution in [0.1, 0.15) is 18.4 Å². The van der Waals surface area contributed by atoms with E-state index in [9.17, 15) is 8.42 Å². The van der Waals surface area contributed by atoms with Gasteiger partial charge in [0.25, 0.3) is 0 Å². The van der Waals surface area contributed by atoms with Crippen LogP contribution in [0.25, 0.3) is 0 Å². The SMILES string of the molecule is CNC1CCN(S(=O)(=O)Cc2cc(Cl)cc(Cl)c2)CC1. The van der Waals surface area contributed by atoms with Gasteiger partial charge in [0.1, 0.15) is 0 Å². The number of nitrogens with one attached hydrogen (secondary N) is 1. The van der Waals surface area contributed by atoms with Gasteiger partial charge in [-0.3, -0.25) is 0 Å². The molecule has 0 aliphatic carbocycles. The van der Waals surface area contributed by atoms with Gasteiger partial charge >= 0.3 is 0 Å². The summed E-state index contributed by atoms with van der Waals surface area (Å²) >= 11 is 11.8. The highest BCUT2D eigenvalue weighted by atomic mass is 35.5. The van der Waals surface area contributed by atoms with E-state index in [0.29, 0.717) is 34.7 Å². The van der Waals surface area contributed by atoms with Crippen molar-refractivity contribution in [3.63, 3.8) is 0 Å². The summed E-state index contributed by atoms with van der Waals surface area (Å²) in [7, 11) is -1.41. The van der Waals surface area contributed by atoms with Crippen LogP contribution in [0.2, 0.25) is 10.0 Å². The molecule has 1 saturated heterocycles. The zero-order valence-corrected chi connectivity index (χ0v) is 13.6. The van der Waals surface area contributed by atoms with E-state index in [1.54, 1.807) is 22.5 Å². The number of halogens is 2. The lowest BCUT2D eigenvalue weighted by atomic mass is 10.1. The van der Waals surface area contributed by atoms with Crippen molar-refractivity contribution in [1.82, 2.24) is 9.62 Å². The standard InChI is InChI=1S/C13H18Cl2N2O2S/c1-16-13-2-4-17(5-3-13)20(18,19)9-10-6-11(14)8-12(15)7-10/h6-8,13,16H,2-5,9H2,1H3. The van der Waals surface area contributed by atoms with E-state index in [2.05, 4.69) is 5.32 Å². The zero-order valence-electron chi connectivity index (χ0n) is 11.3. The highest BCUT2D eigenvalue weighted by Crippen LogP contribution is 2.23. The molecule has 1 N–H and O–H groups in total. The lowest BCUT2D eigenvalue weighted by Crippen LogP contribution is -2.44. The highest BCUT2D eigenvalue weighted by molar-refractivity contribution is 7.88. The molecule has 0 unspecified atom stereocenters. The van der Waals surface area contributed by atoms with Crippen LogP contribution >= 0.6 is 23.2 Å². The smallest absolute Gasteiger partial charge is 0.218 e. The monoisotopic (exact) mass is 336 g/mol. The minimum absolute atomic E-state index is 0.0580. The van der Waals surface area contributed by atoms with Crippen molar-refractivity contribution in [2.24, 2.45) is 0 Å². The van der Waals surface area contributed by atoms with E-state index in [1.807, 2.05) is 7.05 Å². The van der Waals surface area contributed by atoms with Crippen molar-refractivity contribution >= 4 is 33.2 Å². The summed E-state index contributed by atoms with van der Waals surface area (Å²) in [4.78, 5) is 0. The molecule has 0 spiro atoms. The van der Waals surface area contributed by atoms with Crippen molar-refractivity contribution < 1.29 is 8.42 Å². The lowest BCUT2D eigenvalue weighted by Gasteiger charge is -2.31. The Morgan fingerprint density at radius 3 is 2.25 bits per heavy atom. The Morgan fingerprint density at radius 2 is 1.75 bits per heavy atom. The predicted octanol–water partition coefficient (Wildman–Crippen LogP) is 2.51. The van der Waals surface area contributed by atoms with E-state index in [-0.39, 0.29) is 5.75 Å². The molecule has 20 heavy (non-hydrogen) atoms. The molecule has 0 atom stereocenters. The van der Waals surface area contributed by atoms with Crippen LogP contribution in [0, 0.1) is 0 Å². The molecule has 1 aromatic rings. The number of sulfonamides is 1. The van der Waals surface area contributed by atoms with Gasteiger partial charge in [-0.15, -0.1) is 0 Å². The van der Waals surface area contributed by atoms with Gasteiger partial charge < -0.3 is 5.32 Å². The molecule has 1 aliphatic rings. The summed E-state index contributed by atoms with van der Waals surface area (Å²) in [5.41, 5.74) is 0.623. The first-order chi connectivity index (χ1) is 9.40. The molecule has 112 valence electrons. The lowest BCUT2D eigenvalue weighted by molar-refractivity contribution is 0.298. The van der Waals surface area contributed by atoms with Crippen molar-refractivity contribution in [2.45, 2.75) is 24.6 Å². The molecule has 0 amide bonds. The number of piperidine rings is 1. The van der Waals surface area contributed by atoms with Gasteiger partial charge in [-0.05, 0) is 43.7 Å². The Bertz CT molecular complexity index is 549. The Labute approximate surface area is 130 Å². The van der Waals surface area contributed by atoms with Crippen LogP contribution in [0.15, 0.2) is 18.2 Å². The van der Waals surface area contributed by atoms with E-state index >= 15 is 0 Å². The topological polar surface area (TPSA) is 49.4 Å². The summed E-state index contributed by atoms with van der Waals surface area (Å²) in [6.45, 7) is 1.12. The Kier molecular flexibility index (Phi) is 5.31. The van der Waals surface area contributed by atoms with E-state index in [4.69, 9.17) is 23.2 Å². The maximum Gasteiger partial charge on any atom is 0.218 e. The average molecular weight is 337 g/mol. The van der Waals surface area contributed by atoms with Gasteiger partial charge in [0.2, 0.25) is 10.0 Å². The molecular weight excluding hydrogens is 319 g/mol. The van der Waals surface area contributed by atoms with Crippen LogP contribution < -0.4 is 5.32 Å². The Hall–Kier alpha value is -0.330. The summed E-state index contributed by atoms with van der Waals surface area (Å²) in [6, 6.07) is 5.29. The van der Waals surface area contributed by atoms with Crippen molar-refractivity contribution in [1.29, 1.82) is 0 Å². The molecule has 0 radical (unpaired) electrons. The summed E-state index contributed by atoms with van der Waals surface area (Å²) in [5.74, 6) is -0.0580. The van der Waals surface area contributed by atoms with Gasteiger partial charge in [-0.2, -0.15) is 0 Å². The Morgan fingerprint density at radius 1 is 1.20 bits per heavy atom. The summed E-state index contributed by atoms with van der Waals surface area (Å²) < 4.78 is 26.3. The number of rotatable bonds is 4. The number of hydrogen-bond acceptors (Lipinski definition) is 3. The van der Waals surface area contributed by atoms with Gasteiger partial charge in [0.15, 0.2) is 0 Å². The third-order valence-corrected chi connectivity index (χ3v) is 5.81. The fraction of sp³-hybridized carbons (Fsp3) is 0.538. The second-order valence-corrected chi connectivity index (χ2v) is 7.84. The van der Waals surface area contributed by atoms with Gasteiger partial charge in [0.05, 0.1) is 5.75 Å². The van der Waals surface area contributed by atoms with E-state index < -0.39 is 10.0 Å². The summed E-state index contributed by atoms with van der Waals surface area (Å²) in [6.07, 6.45) is 1.68. The third-order valence-electron chi connectivity index (χ3n) is 3.53. The molecule has 2 rings (SSSR count). The fourth-order valence-electron chi connectivity index (χ4n) is 2.42. The minimum Gasteiger partial charge on any atom is -0.317 e. The van der Waals surface area contributed by atoms with Gasteiger partial charge in [-0.25, -0.2) is 12.7 Å². The van der Waals surface area contributed by atoms with E-state index in [0.717, 1.165) is 12.8 Å². The predicted molar refractivity (Wildman–Crippen MR) is 82.7 cm³/mol. The molecule has 1 heterocycles. The minimum atomic E-state index is -3.31. The molecule has 1 aliphatic heterocycles. The van der Waals surface area contributed by atoms with Crippen LogP contribution in [0.5, 0.6) is 0 Å². The van der Waals surface area contributed by atoms with Crippen molar-refractivity contribution in [3.8, 4) is 0 Å². The largest absolute Gasteiger partial charge is 0.317 e. The van der Waals surface area contributed by atoms with Crippen molar-refractivity contribution in [2.75, 3.05) is 20.1 Å². The molecule has 0 saturated carbocycles. The number of nitrogens with zero attached hydrogens (tertiary/aromatic N) is 1. The molecule has 7 heteroatoms. The highest BCUT2D eigenvalue weighted by Gasteiger charge is 2.27. The van der Waals surface area contributed by atoms with Crippen LogP contribution in [-0.4, -0.2) is 38.9 Å². The second kappa shape index (κ2) is 6.62. The maximum absolute atomic E-state index is 12.4. The average Bonchev–Trinajstić information content (AvgIpc) is 2.37. The molecule has 0 aromatic heterocycles. The quantitative estimate of drug-likeness (QED) is 0.918. The summed E-state index contributed by atoms with van der Waals surface area (Å²) in [5, 5.41) is 4.09. The molecule has 1 aromatic carbocycles. The Balaban J connectivity index is 2.07. The van der Waals surface area contributed by atoms with Crippen LogP contribution in [0.3, 0.4) is 0 Å². The van der Waals surface area contributed by atoms with Crippen LogP contribution in [-0.2, 0) is 15.8 Å². The first-order valence-corrected chi connectivity index (χ1v) is 8.87. The fourth-order valence-corrected chi connectivity index (χ4v) is 4.53. The first kappa shape index (κ1) is 16.0. The maximum atomic E-state index is 12.4. The number of hydrogen-bond donors (Lipinski definition) is 1. The molecular formula is C13H18Cl2N2O2S. The van der Waals surface area contributed by atoms with Gasteiger partial charge in [-0.1, -0.05) is 23.2 Å². The van der Waals surface area contributed by atoms with Crippen LogP contribution in [0.4, 0.5) is 0 Å². The molecule has 1 fully saturated rings. The van der Waals surface area contributed by atoms with Gasteiger partial charge in [0, 0.05) is 29.2 Å². The molecule has 4 nitrogen and oxygen atoms in total. The second-order valence-electron chi connectivity index (χ2n) is 5.00. The first-order valence-electron chi connectivity index (χ1n) is 6.51. The molecule has 0 bridgehead atoms. The third kappa shape index (κ3) is 4.09. The van der Waals surface area contributed by atoms with Crippen molar-refractivity contribution in [3.05, 3.63) is 33.8 Å². The number of benzene rings is 1. The van der Waals surface area contributed by atoms with E-state index in [1.165, 1.54) is 0 Å². The zero-order chi connectivity index (χ0) is 14.8. The normalized spacial score (nSPS) is 18.4.